The van der Waals surface area contributed by atoms with Crippen LogP contribution >= 0.6 is 0 Å². The van der Waals surface area contributed by atoms with Crippen molar-refractivity contribution in [2.45, 2.75) is 671 Å². The second kappa shape index (κ2) is 107. The summed E-state index contributed by atoms with van der Waals surface area (Å²) < 4.78 is 45.4. The highest BCUT2D eigenvalue weighted by Gasteiger charge is 2.41. The van der Waals surface area contributed by atoms with Gasteiger partial charge in [0, 0.05) is 25.7 Å². The molecule has 0 heterocycles. The Bertz CT molecular complexity index is 2100. The van der Waals surface area contributed by atoms with Gasteiger partial charge in [0.15, 0.2) is 12.6 Å². The fourth-order valence-electron chi connectivity index (χ4n) is 18.9. The molecule has 13 nitrogen and oxygen atoms in total. The van der Waals surface area contributed by atoms with E-state index in [0.29, 0.717) is 38.5 Å². The van der Waals surface area contributed by atoms with Gasteiger partial charge < -0.3 is 43.4 Å². The van der Waals surface area contributed by atoms with E-state index < -0.39 is 23.4 Å². The van der Waals surface area contributed by atoms with Gasteiger partial charge in [-0.2, -0.15) is 0 Å². The molecule has 0 aromatic carbocycles. The van der Waals surface area contributed by atoms with Gasteiger partial charge >= 0.3 is 23.9 Å². The largest absolute Gasteiger partial charge is 0.465 e. The SMILES string of the molecule is CCCCCCCCCCCCCCCCCC(=O)OCC(COCC(COC(=O)CCCCCCCCCCCCCCCCC)(COC(O)CCCCCCCCCCCCCCCCC)COC(O)CCCCCCCCCCCCCCCCC)(COC(=O)CCCCCCCCCCCCCCCCC)COC(=O)CCCCCCCCCCCCCCCCC. The maximum absolute atomic E-state index is 14.2. The van der Waals surface area contributed by atoms with Crippen molar-refractivity contribution in [2.75, 3.05) is 52.9 Å². The summed E-state index contributed by atoms with van der Waals surface area (Å²) in [5.41, 5.74) is -2.58. The van der Waals surface area contributed by atoms with E-state index in [2.05, 4.69) is 41.5 Å². The van der Waals surface area contributed by atoms with E-state index in [1.54, 1.807) is 0 Å². The molecular weight excluding hydrogens is 1630 g/mol. The van der Waals surface area contributed by atoms with Gasteiger partial charge in [0.25, 0.3) is 0 Å². The van der Waals surface area contributed by atoms with Gasteiger partial charge in [0.05, 0.1) is 37.3 Å². The molecule has 0 rings (SSSR count). The van der Waals surface area contributed by atoms with Crippen molar-refractivity contribution >= 4 is 23.9 Å². The van der Waals surface area contributed by atoms with Crippen LogP contribution in [0, 0.1) is 10.8 Å². The van der Waals surface area contributed by atoms with Crippen LogP contribution in [0.1, 0.15) is 658 Å². The Hall–Kier alpha value is -2.32. The average molecular weight is 1860 g/mol. The summed E-state index contributed by atoms with van der Waals surface area (Å²) in [7, 11) is 0. The van der Waals surface area contributed by atoms with Crippen molar-refractivity contribution in [1.29, 1.82) is 0 Å². The van der Waals surface area contributed by atoms with Crippen LogP contribution in [0.15, 0.2) is 0 Å². The quantitative estimate of drug-likeness (QED) is 0.0255. The summed E-state index contributed by atoms with van der Waals surface area (Å²) in [6.45, 7) is 12.3. The highest BCUT2D eigenvalue weighted by atomic mass is 16.6. The lowest BCUT2D eigenvalue weighted by molar-refractivity contribution is -0.200. The molecule has 2 unspecified atom stereocenters. The lowest BCUT2D eigenvalue weighted by Crippen LogP contribution is -2.47. The number of hydrogen-bond donors (Lipinski definition) is 2. The second-order valence-corrected chi connectivity index (χ2v) is 41.9. The van der Waals surface area contributed by atoms with E-state index in [9.17, 15) is 29.4 Å². The van der Waals surface area contributed by atoms with Crippen LogP contribution in [0.25, 0.3) is 0 Å². The Morgan fingerprint density at radius 1 is 0.168 bits per heavy atom. The molecule has 0 aromatic rings. The fraction of sp³-hybridized carbons (Fsp3) is 0.966. The van der Waals surface area contributed by atoms with Crippen molar-refractivity contribution < 1.29 is 62.5 Å². The van der Waals surface area contributed by atoms with E-state index in [4.69, 9.17) is 33.2 Å². The van der Waals surface area contributed by atoms with E-state index in [1.807, 2.05) is 0 Å². The second-order valence-electron chi connectivity index (χ2n) is 41.9. The first-order valence-corrected chi connectivity index (χ1v) is 59.2. The van der Waals surface area contributed by atoms with Gasteiger partial charge in [-0.15, -0.1) is 0 Å². The number of aliphatic hydroxyl groups is 2. The fourth-order valence-corrected chi connectivity index (χ4v) is 18.9. The molecule has 0 amide bonds. The van der Waals surface area contributed by atoms with E-state index in [0.717, 1.165) is 116 Å². The zero-order valence-electron chi connectivity index (χ0n) is 89.1. The molecule has 0 radical (unpaired) electrons. The zero-order chi connectivity index (χ0) is 95.0. The number of carbonyl (C=O) groups excluding carboxylic acids is 4. The van der Waals surface area contributed by atoms with Crippen LogP contribution in [-0.4, -0.2) is 99.5 Å². The number of aliphatic hydroxyl groups excluding tert-OH is 2. The normalized spacial score (nSPS) is 12.8. The lowest BCUT2D eigenvalue weighted by Gasteiger charge is -2.36. The Labute approximate surface area is 815 Å². The third-order valence-corrected chi connectivity index (χ3v) is 28.2. The summed E-state index contributed by atoms with van der Waals surface area (Å²) in [4.78, 5) is 56.7. The Kier molecular flexibility index (Phi) is 105. The number of hydrogen-bond acceptors (Lipinski definition) is 13. The minimum Gasteiger partial charge on any atom is -0.465 e. The Balaban J connectivity index is 7.22. The van der Waals surface area contributed by atoms with Gasteiger partial charge in [-0.05, 0) is 51.4 Å². The smallest absolute Gasteiger partial charge is 0.305 e. The van der Waals surface area contributed by atoms with Gasteiger partial charge in [0.1, 0.15) is 26.4 Å². The molecule has 780 valence electrons. The molecule has 0 aromatic heterocycles. The molecule has 2 atom stereocenters. The molecule has 0 saturated heterocycles. The predicted octanol–water partition coefficient (Wildman–Crippen LogP) is 37.4. The standard InChI is InChI=1S/C118H230O13/c1-7-13-19-25-31-37-43-49-55-61-67-73-79-85-91-97-111(119)126-105-117(106-127-112(120)98-92-86-80-74-68-62-56-50-44-38-32-26-20-14-8-2,107-128-113(121)99-93-87-81-75-69-63-57-51-45-39-33-27-21-15-9-3)103-125-104-118(108-129-114(122)100-94-88-82-76-70-64-58-52-46-40-34-28-22-16-10-4,109-130-115(123)101-95-89-83-77-71-65-59-53-47-41-35-29-23-17-11-5)110-131-116(124)102-96-90-84-78-72-66-60-54-48-42-36-30-24-18-12-6/h111-112,119-120H,7-110H2,1-6H3. The maximum Gasteiger partial charge on any atom is 0.305 e. The molecule has 13 heteroatoms. The van der Waals surface area contributed by atoms with E-state index in [1.165, 1.54) is 437 Å². The van der Waals surface area contributed by atoms with E-state index in [-0.39, 0.29) is 102 Å². The number of carbonyl (C=O) groups is 4. The molecular formula is C118H230O13. The van der Waals surface area contributed by atoms with E-state index >= 15 is 0 Å². The summed E-state index contributed by atoms with van der Waals surface area (Å²) in [6, 6.07) is 0. The first-order valence-electron chi connectivity index (χ1n) is 59.2. The first kappa shape index (κ1) is 129. The van der Waals surface area contributed by atoms with Crippen LogP contribution in [0.5, 0.6) is 0 Å². The van der Waals surface area contributed by atoms with Gasteiger partial charge in [-0.3, -0.25) is 19.2 Å². The lowest BCUT2D eigenvalue weighted by atomic mass is 9.90. The van der Waals surface area contributed by atoms with Crippen LogP contribution in [0.2, 0.25) is 0 Å². The topological polar surface area (TPSA) is 173 Å². The molecule has 2 N–H and O–H groups in total. The van der Waals surface area contributed by atoms with Crippen molar-refractivity contribution in [2.24, 2.45) is 10.8 Å². The molecule has 0 fully saturated rings. The monoisotopic (exact) mass is 1860 g/mol. The zero-order valence-corrected chi connectivity index (χ0v) is 89.1. The summed E-state index contributed by atoms with van der Waals surface area (Å²) in [6.07, 6.45) is 110. The van der Waals surface area contributed by atoms with Gasteiger partial charge in [0.2, 0.25) is 0 Å². The number of esters is 4. The molecule has 131 heavy (non-hydrogen) atoms. The van der Waals surface area contributed by atoms with Crippen LogP contribution in [-0.2, 0) is 52.3 Å². The molecule has 0 aliphatic heterocycles. The highest BCUT2D eigenvalue weighted by Crippen LogP contribution is 2.31. The van der Waals surface area contributed by atoms with Crippen LogP contribution in [0.4, 0.5) is 0 Å². The van der Waals surface area contributed by atoms with Gasteiger partial charge in [-0.25, -0.2) is 0 Å². The maximum atomic E-state index is 14.2. The molecule has 0 bridgehead atoms. The summed E-state index contributed by atoms with van der Waals surface area (Å²) in [5.74, 6) is -1.42. The van der Waals surface area contributed by atoms with Gasteiger partial charge in [-0.1, -0.05) is 581 Å². The first-order chi connectivity index (χ1) is 64.4. The number of ether oxygens (including phenoxy) is 7. The van der Waals surface area contributed by atoms with Crippen molar-refractivity contribution in [3.8, 4) is 0 Å². The molecule has 0 aliphatic carbocycles. The highest BCUT2D eigenvalue weighted by molar-refractivity contribution is 5.70. The molecule has 0 spiro atoms. The van der Waals surface area contributed by atoms with Crippen LogP contribution < -0.4 is 0 Å². The molecule has 0 saturated carbocycles. The number of unbranched alkanes of at least 4 members (excludes halogenated alkanes) is 84. The minimum absolute atomic E-state index is 0.117. The van der Waals surface area contributed by atoms with Crippen LogP contribution in [0.3, 0.4) is 0 Å². The average Bonchev–Trinajstić information content (AvgIpc) is 0.837. The summed E-state index contributed by atoms with van der Waals surface area (Å²) >= 11 is 0. The summed E-state index contributed by atoms with van der Waals surface area (Å²) in [5, 5.41) is 23.7. The van der Waals surface area contributed by atoms with Crippen molar-refractivity contribution in [1.82, 2.24) is 0 Å². The third kappa shape index (κ3) is 97.7. The van der Waals surface area contributed by atoms with Crippen molar-refractivity contribution in [3.05, 3.63) is 0 Å². The number of rotatable bonds is 114. The Morgan fingerprint density at radius 2 is 0.290 bits per heavy atom. The Morgan fingerprint density at radius 3 is 0.435 bits per heavy atom. The predicted molar refractivity (Wildman–Crippen MR) is 561 cm³/mol. The minimum atomic E-state index is -1.34. The third-order valence-electron chi connectivity index (χ3n) is 28.2. The molecule has 0 aliphatic rings. The van der Waals surface area contributed by atoms with Crippen molar-refractivity contribution in [3.63, 3.8) is 0 Å².